The lowest BCUT2D eigenvalue weighted by atomic mass is 9.73. The van der Waals surface area contributed by atoms with Crippen molar-refractivity contribution in [2.24, 2.45) is 5.41 Å². The first kappa shape index (κ1) is 26.5. The molecule has 0 saturated heterocycles. The largest absolute Gasteiger partial charge is 0.465 e. The quantitative estimate of drug-likeness (QED) is 0.111. The Morgan fingerprint density at radius 2 is 0.805 bits per heavy atom. The second-order valence-corrected chi connectivity index (χ2v) is 10.5. The third-order valence-corrected chi connectivity index (χ3v) is 8.06. The number of carbonyl (C=O) groups is 2. The molecule has 0 fully saturated rings. The van der Waals surface area contributed by atoms with Crippen LogP contribution >= 0.6 is 0 Å². The number of ether oxygens (including phenoxy) is 2. The zero-order valence-corrected chi connectivity index (χ0v) is 23.4. The van der Waals surface area contributed by atoms with Gasteiger partial charge in [0.25, 0.3) is 0 Å². The fraction of sp³-hybridized carbons (Fsp3) is 0.189. The Hall–Kier alpha value is -4.70. The van der Waals surface area contributed by atoms with Gasteiger partial charge < -0.3 is 9.47 Å². The molecule has 0 aliphatic carbocycles. The molecule has 0 aromatic heterocycles. The monoisotopic (exact) mass is 540 g/mol. The van der Waals surface area contributed by atoms with E-state index in [9.17, 15) is 9.59 Å². The van der Waals surface area contributed by atoms with Crippen molar-refractivity contribution >= 4 is 55.0 Å². The molecule has 0 atom stereocenters. The van der Waals surface area contributed by atoms with E-state index in [4.69, 9.17) is 9.47 Å². The van der Waals surface area contributed by atoms with Gasteiger partial charge >= 0.3 is 11.9 Å². The molecule has 0 radical (unpaired) electrons. The van der Waals surface area contributed by atoms with Crippen molar-refractivity contribution in [2.75, 3.05) is 13.2 Å². The third-order valence-electron chi connectivity index (χ3n) is 8.06. The molecule has 6 aromatic carbocycles. The highest BCUT2D eigenvalue weighted by atomic mass is 16.6. The van der Waals surface area contributed by atoms with Gasteiger partial charge in [0, 0.05) is 12.8 Å². The molecule has 0 heterocycles. The maximum atomic E-state index is 14.2. The van der Waals surface area contributed by atoms with Crippen LogP contribution in [0.3, 0.4) is 0 Å². The maximum absolute atomic E-state index is 14.2. The summed E-state index contributed by atoms with van der Waals surface area (Å²) >= 11 is 0. The van der Waals surface area contributed by atoms with Crippen molar-refractivity contribution in [1.29, 1.82) is 0 Å². The first-order chi connectivity index (χ1) is 20.1. The van der Waals surface area contributed by atoms with Crippen molar-refractivity contribution in [3.8, 4) is 0 Å². The van der Waals surface area contributed by atoms with E-state index in [1.807, 2.05) is 48.5 Å². The Balaban J connectivity index is 1.66. The van der Waals surface area contributed by atoms with E-state index < -0.39 is 17.4 Å². The summed E-state index contributed by atoms with van der Waals surface area (Å²) in [4.78, 5) is 28.4. The summed E-state index contributed by atoms with van der Waals surface area (Å²) in [7, 11) is 0. The zero-order chi connectivity index (χ0) is 28.4. The number of carbonyl (C=O) groups excluding carboxylic acids is 2. The molecule has 0 spiro atoms. The van der Waals surface area contributed by atoms with E-state index in [-0.39, 0.29) is 26.1 Å². The third kappa shape index (κ3) is 4.70. The van der Waals surface area contributed by atoms with Crippen LogP contribution in [0.2, 0.25) is 0 Å². The summed E-state index contributed by atoms with van der Waals surface area (Å²) in [6.07, 6.45) is 0.286. The van der Waals surface area contributed by atoms with Crippen LogP contribution in [-0.2, 0) is 31.9 Å². The SMILES string of the molecule is CCOC(=O)C(Cc1c2ccccc2cc2ccccc12)(Cc1c2ccccc2cc2ccccc12)C(=O)OCC. The Kier molecular flexibility index (Phi) is 7.15. The lowest BCUT2D eigenvalue weighted by Crippen LogP contribution is -2.46. The molecule has 4 heteroatoms. The van der Waals surface area contributed by atoms with Crippen molar-refractivity contribution in [1.82, 2.24) is 0 Å². The number of hydrogen-bond acceptors (Lipinski definition) is 4. The van der Waals surface area contributed by atoms with Crippen LogP contribution in [-0.4, -0.2) is 25.2 Å². The molecule has 6 rings (SSSR count). The van der Waals surface area contributed by atoms with Crippen LogP contribution < -0.4 is 0 Å². The van der Waals surface area contributed by atoms with Crippen LogP contribution in [0.1, 0.15) is 25.0 Å². The summed E-state index contributed by atoms with van der Waals surface area (Å²) in [6, 6.07) is 36.8. The first-order valence-corrected chi connectivity index (χ1v) is 14.2. The predicted octanol–water partition coefficient (Wildman–Crippen LogP) is 8.20. The molecule has 0 N–H and O–H groups in total. The molecule has 0 aliphatic heterocycles. The van der Waals surface area contributed by atoms with Gasteiger partial charge in [0.1, 0.15) is 0 Å². The molecule has 0 amide bonds. The molecular formula is C37H32O4. The van der Waals surface area contributed by atoms with Gasteiger partial charge in [0.15, 0.2) is 5.41 Å². The van der Waals surface area contributed by atoms with E-state index in [2.05, 4.69) is 60.7 Å². The van der Waals surface area contributed by atoms with Gasteiger partial charge in [-0.2, -0.15) is 0 Å². The Bertz CT molecular complexity index is 1670. The minimum atomic E-state index is -1.61. The van der Waals surface area contributed by atoms with Gasteiger partial charge in [0.05, 0.1) is 13.2 Å². The highest BCUT2D eigenvalue weighted by Gasteiger charge is 2.50. The van der Waals surface area contributed by atoms with Gasteiger partial charge in [-0.15, -0.1) is 0 Å². The Labute approximate surface area is 239 Å². The standard InChI is InChI=1S/C37H32O4/c1-3-40-35(38)37(36(39)41-4-2,23-33-29-17-9-5-13-25(29)21-26-14-6-10-18-30(26)33)24-34-31-19-11-7-15-27(31)22-28-16-8-12-20-32(28)34/h5-22H,3-4,23-24H2,1-2H3. The number of hydrogen-bond donors (Lipinski definition) is 0. The average molecular weight is 541 g/mol. The Morgan fingerprint density at radius 3 is 1.10 bits per heavy atom. The number of benzene rings is 6. The molecule has 204 valence electrons. The fourth-order valence-electron chi connectivity index (χ4n) is 6.17. The Morgan fingerprint density at radius 1 is 0.512 bits per heavy atom. The molecule has 41 heavy (non-hydrogen) atoms. The van der Waals surface area contributed by atoms with Crippen LogP contribution in [0.5, 0.6) is 0 Å². The highest BCUT2D eigenvalue weighted by Crippen LogP contribution is 2.41. The van der Waals surface area contributed by atoms with E-state index in [1.165, 1.54) is 0 Å². The maximum Gasteiger partial charge on any atom is 0.324 e. The average Bonchev–Trinajstić information content (AvgIpc) is 3.00. The molecule has 0 saturated carbocycles. The van der Waals surface area contributed by atoms with E-state index in [0.717, 1.165) is 54.2 Å². The van der Waals surface area contributed by atoms with Crippen LogP contribution in [0.15, 0.2) is 109 Å². The fourth-order valence-corrected chi connectivity index (χ4v) is 6.17. The van der Waals surface area contributed by atoms with Gasteiger partial charge in [-0.05, 0) is 80.2 Å². The van der Waals surface area contributed by atoms with Crippen LogP contribution in [0.4, 0.5) is 0 Å². The second kappa shape index (κ2) is 11.1. The normalized spacial score (nSPS) is 11.8. The zero-order valence-electron chi connectivity index (χ0n) is 23.4. The minimum Gasteiger partial charge on any atom is -0.465 e. The van der Waals surface area contributed by atoms with Crippen LogP contribution in [0, 0.1) is 5.41 Å². The smallest absolute Gasteiger partial charge is 0.324 e. The molecule has 4 nitrogen and oxygen atoms in total. The lowest BCUT2D eigenvalue weighted by Gasteiger charge is -2.31. The number of fused-ring (bicyclic) bond motifs is 4. The highest BCUT2D eigenvalue weighted by molar-refractivity contribution is 6.08. The summed E-state index contributed by atoms with van der Waals surface area (Å²) in [5.41, 5.74) is 0.264. The molecule has 0 aliphatic rings. The summed E-state index contributed by atoms with van der Waals surface area (Å²) < 4.78 is 11.5. The first-order valence-electron chi connectivity index (χ1n) is 14.2. The minimum absolute atomic E-state index is 0.143. The topological polar surface area (TPSA) is 52.6 Å². The number of rotatable bonds is 8. The van der Waals surface area contributed by atoms with Gasteiger partial charge in [0.2, 0.25) is 0 Å². The van der Waals surface area contributed by atoms with Gasteiger partial charge in [-0.1, -0.05) is 97.1 Å². The van der Waals surface area contributed by atoms with Crippen molar-refractivity contribution in [2.45, 2.75) is 26.7 Å². The molecular weight excluding hydrogens is 508 g/mol. The summed E-state index contributed by atoms with van der Waals surface area (Å²) in [5, 5.41) is 8.24. The van der Waals surface area contributed by atoms with Crippen molar-refractivity contribution < 1.29 is 19.1 Å². The summed E-state index contributed by atoms with van der Waals surface area (Å²) in [5.74, 6) is -1.13. The van der Waals surface area contributed by atoms with Crippen molar-refractivity contribution in [3.05, 3.63) is 120 Å². The van der Waals surface area contributed by atoms with Gasteiger partial charge in [-0.3, -0.25) is 9.59 Å². The van der Waals surface area contributed by atoms with Gasteiger partial charge in [-0.25, -0.2) is 0 Å². The van der Waals surface area contributed by atoms with Crippen molar-refractivity contribution in [3.63, 3.8) is 0 Å². The predicted molar refractivity (Wildman–Crippen MR) is 166 cm³/mol. The van der Waals surface area contributed by atoms with Crippen LogP contribution in [0.25, 0.3) is 43.1 Å². The van der Waals surface area contributed by atoms with E-state index in [0.29, 0.717) is 0 Å². The lowest BCUT2D eigenvalue weighted by molar-refractivity contribution is -0.172. The van der Waals surface area contributed by atoms with E-state index in [1.54, 1.807) is 13.8 Å². The molecule has 6 aromatic rings. The molecule has 0 unspecified atom stereocenters. The molecule has 0 bridgehead atoms. The second-order valence-electron chi connectivity index (χ2n) is 10.5. The van der Waals surface area contributed by atoms with E-state index >= 15 is 0 Å². The summed E-state index contributed by atoms with van der Waals surface area (Å²) in [6.45, 7) is 3.86. The number of esters is 2.